The standard InChI is InChI=1S/C18H17NO/c20-18-15-9-11-4-2-1-3-10(11)8-14(15)16-12-5-6-13(7-12)17(16)19-18/h1-4,8-9,12-13,16-17H,5-7H2,(H,19,20)/t12-,13+,16-,17-/m0/s1. The summed E-state index contributed by atoms with van der Waals surface area (Å²) in [5, 5.41) is 5.73. The maximum absolute atomic E-state index is 12.4. The summed E-state index contributed by atoms with van der Waals surface area (Å²) in [6.07, 6.45) is 3.95. The molecule has 2 aromatic rings. The Bertz CT molecular complexity index is 735. The number of amides is 1. The average molecular weight is 263 g/mol. The van der Waals surface area contributed by atoms with Crippen molar-refractivity contribution in [3.63, 3.8) is 0 Å². The van der Waals surface area contributed by atoms with Crippen LogP contribution in [0, 0.1) is 11.8 Å². The first kappa shape index (κ1) is 10.9. The molecule has 20 heavy (non-hydrogen) atoms. The minimum Gasteiger partial charge on any atom is -0.348 e. The van der Waals surface area contributed by atoms with Crippen LogP contribution in [-0.2, 0) is 0 Å². The van der Waals surface area contributed by atoms with E-state index in [2.05, 4.69) is 35.6 Å². The molecule has 0 saturated heterocycles. The van der Waals surface area contributed by atoms with Crippen molar-refractivity contribution in [3.05, 3.63) is 47.5 Å². The SMILES string of the molecule is O=C1N[C@H]2[C@@H]3CC[C@@H](C3)[C@H]2c2cc3ccccc3cc21. The monoisotopic (exact) mass is 263 g/mol. The van der Waals surface area contributed by atoms with Gasteiger partial charge in [0.2, 0.25) is 0 Å². The molecule has 2 aromatic carbocycles. The molecule has 1 amide bonds. The molecule has 2 heteroatoms. The summed E-state index contributed by atoms with van der Waals surface area (Å²) in [5.74, 6) is 2.20. The molecule has 0 spiro atoms. The molecular formula is C18H17NO. The van der Waals surface area contributed by atoms with E-state index in [1.165, 1.54) is 35.6 Å². The van der Waals surface area contributed by atoms with Gasteiger partial charge in [0.05, 0.1) is 0 Å². The van der Waals surface area contributed by atoms with Gasteiger partial charge in [-0.05, 0) is 59.6 Å². The minimum atomic E-state index is 0.138. The van der Waals surface area contributed by atoms with Crippen molar-refractivity contribution >= 4 is 16.7 Å². The molecule has 0 aromatic heterocycles. The summed E-state index contributed by atoms with van der Waals surface area (Å²) >= 11 is 0. The van der Waals surface area contributed by atoms with Crippen molar-refractivity contribution in [3.8, 4) is 0 Å². The van der Waals surface area contributed by atoms with Crippen molar-refractivity contribution in [2.45, 2.75) is 31.2 Å². The third-order valence-electron chi connectivity index (χ3n) is 5.74. The Hall–Kier alpha value is -1.83. The second-order valence-electron chi connectivity index (χ2n) is 6.64. The molecule has 0 radical (unpaired) electrons. The quantitative estimate of drug-likeness (QED) is 0.774. The van der Waals surface area contributed by atoms with Crippen LogP contribution < -0.4 is 5.32 Å². The van der Waals surface area contributed by atoms with Crippen LogP contribution in [-0.4, -0.2) is 11.9 Å². The Kier molecular flexibility index (Phi) is 1.98. The number of rotatable bonds is 0. The van der Waals surface area contributed by atoms with E-state index in [4.69, 9.17) is 0 Å². The molecule has 1 heterocycles. The third-order valence-corrected chi connectivity index (χ3v) is 5.74. The van der Waals surface area contributed by atoms with Gasteiger partial charge in [0, 0.05) is 17.5 Å². The molecule has 0 unspecified atom stereocenters. The summed E-state index contributed by atoms with van der Waals surface area (Å²) in [7, 11) is 0. The zero-order valence-electron chi connectivity index (χ0n) is 11.3. The Morgan fingerprint density at radius 2 is 1.75 bits per heavy atom. The van der Waals surface area contributed by atoms with Crippen molar-refractivity contribution in [2.24, 2.45) is 11.8 Å². The van der Waals surface area contributed by atoms with Crippen molar-refractivity contribution < 1.29 is 4.79 Å². The third kappa shape index (κ3) is 1.27. The average Bonchev–Trinajstić information content (AvgIpc) is 3.07. The Balaban J connectivity index is 1.77. The predicted octanol–water partition coefficient (Wildman–Crippen LogP) is 3.47. The lowest BCUT2D eigenvalue weighted by molar-refractivity contribution is 0.0896. The number of benzene rings is 2. The summed E-state index contributed by atoms with van der Waals surface area (Å²) < 4.78 is 0. The van der Waals surface area contributed by atoms with Crippen LogP contribution in [0.4, 0.5) is 0 Å². The zero-order chi connectivity index (χ0) is 13.3. The highest BCUT2D eigenvalue weighted by Gasteiger charge is 2.51. The smallest absolute Gasteiger partial charge is 0.251 e. The van der Waals surface area contributed by atoms with Gasteiger partial charge in [0.25, 0.3) is 5.91 Å². The molecule has 3 aliphatic rings. The van der Waals surface area contributed by atoms with Crippen LogP contribution in [0.15, 0.2) is 36.4 Å². The number of hydrogen-bond acceptors (Lipinski definition) is 1. The van der Waals surface area contributed by atoms with Gasteiger partial charge >= 0.3 is 0 Å². The van der Waals surface area contributed by atoms with E-state index in [0.717, 1.165) is 11.5 Å². The fraction of sp³-hybridized carbons (Fsp3) is 0.389. The Labute approximate surface area is 118 Å². The normalized spacial score (nSPS) is 33.9. The lowest BCUT2D eigenvalue weighted by atomic mass is 9.75. The molecule has 2 saturated carbocycles. The topological polar surface area (TPSA) is 29.1 Å². The van der Waals surface area contributed by atoms with Crippen LogP contribution in [0.2, 0.25) is 0 Å². The van der Waals surface area contributed by atoms with Gasteiger partial charge < -0.3 is 5.32 Å². The van der Waals surface area contributed by atoms with Gasteiger partial charge in [-0.15, -0.1) is 0 Å². The maximum Gasteiger partial charge on any atom is 0.251 e. The molecular weight excluding hydrogens is 246 g/mol. The summed E-state index contributed by atoms with van der Waals surface area (Å²) in [6.45, 7) is 0. The van der Waals surface area contributed by atoms with E-state index in [0.29, 0.717) is 17.9 Å². The molecule has 100 valence electrons. The molecule has 2 nitrogen and oxygen atoms in total. The van der Waals surface area contributed by atoms with Crippen molar-refractivity contribution in [1.82, 2.24) is 5.32 Å². The van der Waals surface area contributed by atoms with Crippen molar-refractivity contribution in [1.29, 1.82) is 0 Å². The molecule has 1 N–H and O–H groups in total. The fourth-order valence-electron chi connectivity index (χ4n) is 4.91. The Morgan fingerprint density at radius 1 is 1.00 bits per heavy atom. The highest BCUT2D eigenvalue weighted by Crippen LogP contribution is 2.55. The number of nitrogens with one attached hydrogen (secondary N) is 1. The fourth-order valence-corrected chi connectivity index (χ4v) is 4.91. The molecule has 2 fully saturated rings. The molecule has 1 aliphatic heterocycles. The van der Waals surface area contributed by atoms with Gasteiger partial charge in [0.1, 0.15) is 0 Å². The van der Waals surface area contributed by atoms with E-state index in [9.17, 15) is 4.79 Å². The largest absolute Gasteiger partial charge is 0.348 e. The lowest BCUT2D eigenvalue weighted by Gasteiger charge is -2.37. The Morgan fingerprint density at radius 3 is 2.60 bits per heavy atom. The molecule has 5 rings (SSSR count). The van der Waals surface area contributed by atoms with E-state index in [-0.39, 0.29) is 5.91 Å². The van der Waals surface area contributed by atoms with Gasteiger partial charge in [0.15, 0.2) is 0 Å². The van der Waals surface area contributed by atoms with Crippen molar-refractivity contribution in [2.75, 3.05) is 0 Å². The van der Waals surface area contributed by atoms with Gasteiger partial charge in [-0.2, -0.15) is 0 Å². The predicted molar refractivity (Wildman–Crippen MR) is 78.8 cm³/mol. The molecule has 2 aliphatic carbocycles. The molecule has 4 atom stereocenters. The van der Waals surface area contributed by atoms with E-state index in [1.54, 1.807) is 0 Å². The second kappa shape index (κ2) is 3.63. The zero-order valence-corrected chi connectivity index (χ0v) is 11.3. The number of carbonyl (C=O) groups is 1. The first-order valence-electron chi connectivity index (χ1n) is 7.65. The first-order valence-corrected chi connectivity index (χ1v) is 7.65. The number of carbonyl (C=O) groups excluding carboxylic acids is 1. The lowest BCUT2D eigenvalue weighted by Crippen LogP contribution is -2.47. The number of hydrogen-bond donors (Lipinski definition) is 1. The van der Waals surface area contributed by atoms with E-state index < -0.39 is 0 Å². The van der Waals surface area contributed by atoms with Gasteiger partial charge in [-0.25, -0.2) is 0 Å². The number of fused-ring (bicyclic) bond motifs is 8. The van der Waals surface area contributed by atoms with E-state index in [1.807, 2.05) is 6.07 Å². The van der Waals surface area contributed by atoms with Crippen LogP contribution in [0.25, 0.3) is 10.8 Å². The molecule has 2 bridgehead atoms. The summed E-state index contributed by atoms with van der Waals surface area (Å²) in [4.78, 5) is 12.4. The van der Waals surface area contributed by atoms with Gasteiger partial charge in [-0.1, -0.05) is 24.3 Å². The van der Waals surface area contributed by atoms with Crippen LogP contribution in [0.3, 0.4) is 0 Å². The minimum absolute atomic E-state index is 0.138. The summed E-state index contributed by atoms with van der Waals surface area (Å²) in [5.41, 5.74) is 2.22. The van der Waals surface area contributed by atoms with Crippen LogP contribution >= 0.6 is 0 Å². The van der Waals surface area contributed by atoms with E-state index >= 15 is 0 Å². The summed E-state index contributed by atoms with van der Waals surface area (Å²) in [6, 6.07) is 13.1. The first-order chi connectivity index (χ1) is 9.81. The highest BCUT2D eigenvalue weighted by atomic mass is 16.1. The maximum atomic E-state index is 12.4. The van der Waals surface area contributed by atoms with Crippen LogP contribution in [0.5, 0.6) is 0 Å². The highest BCUT2D eigenvalue weighted by molar-refractivity contribution is 6.02. The van der Waals surface area contributed by atoms with Crippen LogP contribution in [0.1, 0.15) is 41.1 Å². The second-order valence-corrected chi connectivity index (χ2v) is 6.64. The van der Waals surface area contributed by atoms with Gasteiger partial charge in [-0.3, -0.25) is 4.79 Å².